The third-order valence-electron chi connectivity index (χ3n) is 9.61. The lowest BCUT2D eigenvalue weighted by atomic mass is 10.1. The number of hydrogen-bond donors (Lipinski definition) is 0. The zero-order chi connectivity index (χ0) is 41.4. The molecule has 0 aromatic carbocycles. The maximum Gasteiger partial charge on any atom is 0.306 e. The number of likely N-dealkylation sites (N-methyl/N-ethyl adjacent to an activating group) is 1. The standard InChI is InChI=1S/C48H83NO7/c1-6-8-10-12-14-16-18-20-21-22-23-24-25-27-29-31-33-35-37-39-47(51)56-44(42-54-41-40-45(48(52)53)49(3,4)5)43-55-46(50)38-36-34-32-30-28-26-19-17-15-13-11-9-7-2/h11,13-14,16-17,19-21,23-24,44-45H,6-10,12,15,18,22,25-43H2,1-5H3/b13-11-,16-14-,19-17-,21-20-,24-23-. The molecule has 0 aliphatic carbocycles. The van der Waals surface area contributed by atoms with Crippen molar-refractivity contribution in [1.29, 1.82) is 0 Å². The number of esters is 2. The molecule has 0 aliphatic heterocycles. The Bertz CT molecular complexity index is 1100. The second-order valence-corrected chi connectivity index (χ2v) is 15.9. The number of ether oxygens (including phenoxy) is 3. The molecule has 322 valence electrons. The third-order valence-corrected chi connectivity index (χ3v) is 9.61. The van der Waals surface area contributed by atoms with E-state index in [9.17, 15) is 19.5 Å². The molecule has 0 heterocycles. The van der Waals surface area contributed by atoms with E-state index in [1.807, 2.05) is 0 Å². The summed E-state index contributed by atoms with van der Waals surface area (Å²) in [5.74, 6) is -1.78. The molecule has 0 aliphatic rings. The van der Waals surface area contributed by atoms with Crippen LogP contribution in [0, 0.1) is 0 Å². The number of carboxylic acid groups (broad SMARTS) is 1. The van der Waals surface area contributed by atoms with Crippen molar-refractivity contribution in [2.45, 2.75) is 187 Å². The van der Waals surface area contributed by atoms with Gasteiger partial charge in [0.05, 0.1) is 40.3 Å². The monoisotopic (exact) mass is 786 g/mol. The van der Waals surface area contributed by atoms with Gasteiger partial charge in [-0.3, -0.25) is 9.59 Å². The zero-order valence-corrected chi connectivity index (χ0v) is 36.5. The predicted molar refractivity (Wildman–Crippen MR) is 231 cm³/mol. The molecule has 0 saturated heterocycles. The van der Waals surface area contributed by atoms with Crippen molar-refractivity contribution < 1.29 is 38.2 Å². The average molecular weight is 786 g/mol. The molecule has 0 amide bonds. The number of carboxylic acids is 1. The Morgan fingerprint density at radius 1 is 0.536 bits per heavy atom. The molecule has 0 bridgehead atoms. The van der Waals surface area contributed by atoms with Gasteiger partial charge < -0.3 is 28.6 Å². The molecule has 0 fully saturated rings. The molecule has 0 aromatic heterocycles. The molecule has 0 aromatic rings. The molecule has 0 radical (unpaired) electrons. The fourth-order valence-corrected chi connectivity index (χ4v) is 6.11. The first kappa shape index (κ1) is 53.0. The number of allylic oxidation sites excluding steroid dienone is 10. The van der Waals surface area contributed by atoms with Crippen LogP contribution in [0.4, 0.5) is 0 Å². The fraction of sp³-hybridized carbons (Fsp3) is 0.729. The minimum atomic E-state index is -1.13. The molecule has 56 heavy (non-hydrogen) atoms. The van der Waals surface area contributed by atoms with Gasteiger partial charge >= 0.3 is 11.9 Å². The van der Waals surface area contributed by atoms with Crippen LogP contribution in [0.25, 0.3) is 0 Å². The van der Waals surface area contributed by atoms with Gasteiger partial charge in [0.15, 0.2) is 6.10 Å². The van der Waals surface area contributed by atoms with Gasteiger partial charge in [-0.15, -0.1) is 0 Å². The van der Waals surface area contributed by atoms with Crippen molar-refractivity contribution in [2.75, 3.05) is 41.0 Å². The summed E-state index contributed by atoms with van der Waals surface area (Å²) in [6, 6.07) is -0.732. The highest BCUT2D eigenvalue weighted by Gasteiger charge is 2.25. The van der Waals surface area contributed by atoms with Crippen LogP contribution in [0.2, 0.25) is 0 Å². The number of nitrogens with zero attached hydrogens (tertiary/aromatic N) is 1. The molecule has 8 heteroatoms. The Labute approximate surface area is 343 Å². The number of quaternary nitrogens is 1. The number of hydrogen-bond acceptors (Lipinski definition) is 7. The van der Waals surface area contributed by atoms with Crippen molar-refractivity contribution in [3.8, 4) is 0 Å². The van der Waals surface area contributed by atoms with Gasteiger partial charge in [0.2, 0.25) is 0 Å². The Morgan fingerprint density at radius 3 is 1.46 bits per heavy atom. The molecule has 8 nitrogen and oxygen atoms in total. The summed E-state index contributed by atoms with van der Waals surface area (Å²) in [5, 5.41) is 11.6. The Hall–Kier alpha value is -2.97. The number of rotatable bonds is 39. The molecule has 2 atom stereocenters. The number of unbranched alkanes of at least 4 members (excludes halogenated alkanes) is 15. The topological polar surface area (TPSA) is 102 Å². The highest BCUT2D eigenvalue weighted by atomic mass is 16.6. The van der Waals surface area contributed by atoms with Crippen molar-refractivity contribution in [1.82, 2.24) is 0 Å². The molecule has 0 spiro atoms. The van der Waals surface area contributed by atoms with Gasteiger partial charge in [-0.2, -0.15) is 0 Å². The molecular weight excluding hydrogens is 703 g/mol. The molecule has 2 unspecified atom stereocenters. The summed E-state index contributed by atoms with van der Waals surface area (Å²) in [5.41, 5.74) is 0. The van der Waals surface area contributed by atoms with Crippen LogP contribution in [-0.4, -0.2) is 75.5 Å². The number of carbonyl (C=O) groups excluding carboxylic acids is 3. The van der Waals surface area contributed by atoms with Gasteiger partial charge in [-0.05, 0) is 77.0 Å². The van der Waals surface area contributed by atoms with Gasteiger partial charge in [0.25, 0.3) is 0 Å². The SMILES string of the molecule is CCC/C=C\C/C=C\CCCCCCCC(=O)OCC(COCCC(C(=O)[O-])[N+](C)(C)C)OC(=O)CCCCCCCC/C=C\C/C=C\C/C=C\CCCCC. The smallest absolute Gasteiger partial charge is 0.306 e. The predicted octanol–water partition coefficient (Wildman–Crippen LogP) is 10.9. The van der Waals surface area contributed by atoms with E-state index in [1.54, 1.807) is 21.1 Å². The molecule has 0 saturated carbocycles. The summed E-state index contributed by atoms with van der Waals surface area (Å²) in [7, 11) is 5.39. The maximum absolute atomic E-state index is 12.7. The lowest BCUT2D eigenvalue weighted by Crippen LogP contribution is -2.55. The largest absolute Gasteiger partial charge is 0.544 e. The molecular formula is C48H83NO7. The first-order valence-electron chi connectivity index (χ1n) is 22.3. The van der Waals surface area contributed by atoms with Gasteiger partial charge in [0, 0.05) is 19.3 Å². The average Bonchev–Trinajstić information content (AvgIpc) is 3.15. The van der Waals surface area contributed by atoms with Crippen LogP contribution in [0.3, 0.4) is 0 Å². The number of carbonyl (C=O) groups is 3. The second kappa shape index (κ2) is 38.9. The lowest BCUT2D eigenvalue weighted by molar-refractivity contribution is -0.889. The molecule has 0 N–H and O–H groups in total. The summed E-state index contributed by atoms with van der Waals surface area (Å²) < 4.78 is 17.1. The van der Waals surface area contributed by atoms with E-state index in [1.165, 1.54) is 44.9 Å². The van der Waals surface area contributed by atoms with Crippen molar-refractivity contribution in [3.05, 3.63) is 60.8 Å². The van der Waals surface area contributed by atoms with Crippen molar-refractivity contribution >= 4 is 17.9 Å². The highest BCUT2D eigenvalue weighted by molar-refractivity contribution is 5.70. The van der Waals surface area contributed by atoms with E-state index in [4.69, 9.17) is 14.2 Å². The first-order chi connectivity index (χ1) is 27.1. The van der Waals surface area contributed by atoms with Gasteiger partial charge in [0.1, 0.15) is 12.6 Å². The summed E-state index contributed by atoms with van der Waals surface area (Å²) in [4.78, 5) is 36.8. The summed E-state index contributed by atoms with van der Waals surface area (Å²) in [6.07, 6.45) is 46.7. The highest BCUT2D eigenvalue weighted by Crippen LogP contribution is 2.13. The van der Waals surface area contributed by atoms with E-state index in [0.717, 1.165) is 96.3 Å². The Balaban J connectivity index is 4.38. The minimum absolute atomic E-state index is 0.0284. The second-order valence-electron chi connectivity index (χ2n) is 15.9. The normalized spacial score (nSPS) is 13.5. The fourth-order valence-electron chi connectivity index (χ4n) is 6.11. The van der Waals surface area contributed by atoms with E-state index >= 15 is 0 Å². The quantitative estimate of drug-likeness (QED) is 0.0265. The lowest BCUT2D eigenvalue weighted by Gasteiger charge is -2.34. The van der Waals surface area contributed by atoms with Gasteiger partial charge in [-0.25, -0.2) is 0 Å². The maximum atomic E-state index is 12.7. The van der Waals surface area contributed by atoms with Crippen LogP contribution in [0.5, 0.6) is 0 Å². The minimum Gasteiger partial charge on any atom is -0.544 e. The zero-order valence-electron chi connectivity index (χ0n) is 36.5. The first-order valence-corrected chi connectivity index (χ1v) is 22.3. The Morgan fingerprint density at radius 2 is 0.982 bits per heavy atom. The van der Waals surface area contributed by atoms with E-state index in [-0.39, 0.29) is 42.7 Å². The van der Waals surface area contributed by atoms with E-state index < -0.39 is 18.1 Å². The van der Waals surface area contributed by atoms with Crippen molar-refractivity contribution in [3.63, 3.8) is 0 Å². The van der Waals surface area contributed by atoms with Crippen LogP contribution in [0.1, 0.15) is 174 Å². The van der Waals surface area contributed by atoms with E-state index in [2.05, 4.69) is 74.6 Å². The van der Waals surface area contributed by atoms with Gasteiger partial charge in [-0.1, -0.05) is 139 Å². The van der Waals surface area contributed by atoms with Crippen LogP contribution < -0.4 is 5.11 Å². The van der Waals surface area contributed by atoms with Crippen molar-refractivity contribution in [2.24, 2.45) is 0 Å². The van der Waals surface area contributed by atoms with Crippen LogP contribution in [0.15, 0.2) is 60.8 Å². The van der Waals surface area contributed by atoms with E-state index in [0.29, 0.717) is 12.8 Å². The number of aliphatic carboxylic acids is 1. The van der Waals surface area contributed by atoms with Crippen LogP contribution in [-0.2, 0) is 28.6 Å². The Kier molecular flexibility index (Phi) is 36.8. The third kappa shape index (κ3) is 36.7. The molecule has 0 rings (SSSR count). The summed E-state index contributed by atoms with van der Waals surface area (Å²) >= 11 is 0. The van der Waals surface area contributed by atoms with Crippen LogP contribution >= 0.6 is 0 Å². The summed E-state index contributed by atoms with van der Waals surface area (Å²) in [6.45, 7) is 4.53.